The van der Waals surface area contributed by atoms with Gasteiger partial charge in [0, 0.05) is 48.9 Å². The number of hydrogen-bond donors (Lipinski definition) is 1. The van der Waals surface area contributed by atoms with Crippen molar-refractivity contribution in [1.82, 2.24) is 9.47 Å². The fourth-order valence-electron chi connectivity index (χ4n) is 3.36. The molecule has 0 saturated heterocycles. The van der Waals surface area contributed by atoms with Gasteiger partial charge in [0.15, 0.2) is 0 Å². The largest absolute Gasteiger partial charge is 0.497 e. The fraction of sp³-hybridized carbons (Fsp3) is 0.421. The SMILES string of the molecule is CCC[C@@H]1c2cccn2CCN1C(=O)Nc1cc(OC)cc(OC)c1. The van der Waals surface area contributed by atoms with Crippen molar-refractivity contribution in [3.8, 4) is 11.5 Å². The Kier molecular flexibility index (Phi) is 5.16. The molecule has 0 spiro atoms. The lowest BCUT2D eigenvalue weighted by Gasteiger charge is -2.37. The molecular weight excluding hydrogens is 318 g/mol. The van der Waals surface area contributed by atoms with Crippen LogP contribution < -0.4 is 14.8 Å². The average Bonchev–Trinajstić information content (AvgIpc) is 3.10. The van der Waals surface area contributed by atoms with Crippen LogP contribution in [0.1, 0.15) is 31.5 Å². The smallest absolute Gasteiger partial charge is 0.322 e. The van der Waals surface area contributed by atoms with Gasteiger partial charge in [0.05, 0.1) is 20.3 Å². The number of urea groups is 1. The first-order valence-electron chi connectivity index (χ1n) is 8.62. The zero-order valence-corrected chi connectivity index (χ0v) is 15.0. The first-order valence-corrected chi connectivity index (χ1v) is 8.62. The summed E-state index contributed by atoms with van der Waals surface area (Å²) in [5.74, 6) is 1.29. The third-order valence-corrected chi connectivity index (χ3v) is 4.59. The number of methoxy groups -OCH3 is 2. The maximum absolute atomic E-state index is 12.9. The molecule has 0 fully saturated rings. The molecule has 2 amide bonds. The Morgan fingerprint density at radius 3 is 2.56 bits per heavy atom. The summed E-state index contributed by atoms with van der Waals surface area (Å²) in [7, 11) is 3.19. The number of carbonyl (C=O) groups is 1. The number of ether oxygens (including phenoxy) is 2. The standard InChI is InChI=1S/C19H25N3O3/c1-4-6-18-17-7-5-8-21(17)9-10-22(18)19(23)20-14-11-15(24-2)13-16(12-14)25-3/h5,7-8,11-13,18H,4,6,9-10H2,1-3H3,(H,20,23)/t18-/m1/s1. The van der Waals surface area contributed by atoms with Crippen molar-refractivity contribution in [2.75, 3.05) is 26.1 Å². The van der Waals surface area contributed by atoms with E-state index in [2.05, 4.69) is 29.1 Å². The van der Waals surface area contributed by atoms with Crippen LogP contribution in [0, 0.1) is 0 Å². The molecule has 6 heteroatoms. The number of benzene rings is 1. The predicted molar refractivity (Wildman–Crippen MR) is 97.4 cm³/mol. The number of rotatable bonds is 5. The number of nitrogens with zero attached hydrogens (tertiary/aromatic N) is 2. The van der Waals surface area contributed by atoms with Crippen molar-refractivity contribution in [2.24, 2.45) is 0 Å². The summed E-state index contributed by atoms with van der Waals surface area (Å²) >= 11 is 0. The van der Waals surface area contributed by atoms with Gasteiger partial charge in [-0.15, -0.1) is 0 Å². The van der Waals surface area contributed by atoms with Gasteiger partial charge in [-0.25, -0.2) is 4.79 Å². The summed E-state index contributed by atoms with van der Waals surface area (Å²) in [6, 6.07) is 9.52. The molecule has 0 unspecified atom stereocenters. The highest BCUT2D eigenvalue weighted by atomic mass is 16.5. The van der Waals surface area contributed by atoms with Crippen LogP contribution in [-0.2, 0) is 6.54 Å². The van der Waals surface area contributed by atoms with E-state index in [-0.39, 0.29) is 12.1 Å². The molecular formula is C19H25N3O3. The van der Waals surface area contributed by atoms with E-state index in [1.165, 1.54) is 5.69 Å². The Hall–Kier alpha value is -2.63. The van der Waals surface area contributed by atoms with E-state index in [4.69, 9.17) is 9.47 Å². The van der Waals surface area contributed by atoms with Gasteiger partial charge in [0.25, 0.3) is 0 Å². The predicted octanol–water partition coefficient (Wildman–Crippen LogP) is 3.89. The van der Waals surface area contributed by atoms with Crippen LogP contribution in [0.15, 0.2) is 36.5 Å². The Labute approximate surface area is 148 Å². The van der Waals surface area contributed by atoms with Gasteiger partial charge in [-0.3, -0.25) is 0 Å². The summed E-state index contributed by atoms with van der Waals surface area (Å²) in [4.78, 5) is 14.8. The number of carbonyl (C=O) groups excluding carboxylic acids is 1. The van der Waals surface area contributed by atoms with E-state index in [0.717, 1.165) is 19.4 Å². The maximum atomic E-state index is 12.9. The van der Waals surface area contributed by atoms with Crippen molar-refractivity contribution >= 4 is 11.7 Å². The van der Waals surface area contributed by atoms with Gasteiger partial charge >= 0.3 is 6.03 Å². The molecule has 0 saturated carbocycles. The van der Waals surface area contributed by atoms with Crippen LogP contribution in [0.3, 0.4) is 0 Å². The van der Waals surface area contributed by atoms with Crippen LogP contribution >= 0.6 is 0 Å². The van der Waals surface area contributed by atoms with Gasteiger partial charge in [0.1, 0.15) is 11.5 Å². The number of nitrogens with one attached hydrogen (secondary N) is 1. The lowest BCUT2D eigenvalue weighted by atomic mass is 10.0. The molecule has 0 bridgehead atoms. The molecule has 6 nitrogen and oxygen atoms in total. The Bertz CT molecular complexity index is 719. The second-order valence-corrected chi connectivity index (χ2v) is 6.16. The highest BCUT2D eigenvalue weighted by Gasteiger charge is 2.30. The lowest BCUT2D eigenvalue weighted by Crippen LogP contribution is -2.44. The second kappa shape index (κ2) is 7.51. The molecule has 1 N–H and O–H groups in total. The molecule has 134 valence electrons. The van der Waals surface area contributed by atoms with Gasteiger partial charge in [-0.05, 0) is 18.6 Å². The fourth-order valence-corrected chi connectivity index (χ4v) is 3.36. The normalized spacial score (nSPS) is 16.3. The molecule has 1 aromatic heterocycles. The van der Waals surface area contributed by atoms with E-state index < -0.39 is 0 Å². The van der Waals surface area contributed by atoms with Crippen LogP contribution in [0.4, 0.5) is 10.5 Å². The molecule has 1 aliphatic heterocycles. The van der Waals surface area contributed by atoms with Crippen molar-refractivity contribution in [1.29, 1.82) is 0 Å². The van der Waals surface area contributed by atoms with E-state index in [0.29, 0.717) is 23.7 Å². The summed E-state index contributed by atoms with van der Waals surface area (Å²) in [6.07, 6.45) is 4.05. The molecule has 0 aliphatic carbocycles. The highest BCUT2D eigenvalue weighted by molar-refractivity contribution is 5.90. The molecule has 1 aliphatic rings. The lowest BCUT2D eigenvalue weighted by molar-refractivity contribution is 0.163. The van der Waals surface area contributed by atoms with E-state index in [9.17, 15) is 4.79 Å². The first kappa shape index (κ1) is 17.2. The Balaban J connectivity index is 1.81. The summed E-state index contributed by atoms with van der Waals surface area (Å²) in [5, 5.41) is 2.99. The molecule has 25 heavy (non-hydrogen) atoms. The zero-order chi connectivity index (χ0) is 17.8. The van der Waals surface area contributed by atoms with Crippen molar-refractivity contribution in [3.05, 3.63) is 42.2 Å². The van der Waals surface area contributed by atoms with Crippen molar-refractivity contribution in [3.63, 3.8) is 0 Å². The van der Waals surface area contributed by atoms with Crippen LogP contribution in [0.25, 0.3) is 0 Å². The average molecular weight is 343 g/mol. The molecule has 1 atom stereocenters. The quantitative estimate of drug-likeness (QED) is 0.896. The monoisotopic (exact) mass is 343 g/mol. The number of anilines is 1. The number of aromatic nitrogens is 1. The van der Waals surface area contributed by atoms with Crippen LogP contribution in [-0.4, -0.2) is 36.3 Å². The summed E-state index contributed by atoms with van der Waals surface area (Å²) in [5.41, 5.74) is 1.86. The zero-order valence-electron chi connectivity index (χ0n) is 15.0. The molecule has 1 aromatic carbocycles. The molecule has 3 rings (SSSR count). The maximum Gasteiger partial charge on any atom is 0.322 e. The summed E-state index contributed by atoms with van der Waals surface area (Å²) in [6.45, 7) is 3.65. The third kappa shape index (κ3) is 3.57. The van der Waals surface area contributed by atoms with E-state index in [1.807, 2.05) is 11.0 Å². The number of hydrogen-bond acceptors (Lipinski definition) is 3. The minimum Gasteiger partial charge on any atom is -0.497 e. The number of fused-ring (bicyclic) bond motifs is 1. The van der Waals surface area contributed by atoms with Crippen molar-refractivity contribution in [2.45, 2.75) is 32.4 Å². The van der Waals surface area contributed by atoms with Gasteiger partial charge in [-0.1, -0.05) is 13.3 Å². The topological polar surface area (TPSA) is 55.7 Å². The van der Waals surface area contributed by atoms with Gasteiger partial charge in [0.2, 0.25) is 0 Å². The summed E-state index contributed by atoms with van der Waals surface area (Å²) < 4.78 is 12.8. The van der Waals surface area contributed by atoms with Crippen molar-refractivity contribution < 1.29 is 14.3 Å². The highest BCUT2D eigenvalue weighted by Crippen LogP contribution is 2.31. The Morgan fingerprint density at radius 2 is 1.92 bits per heavy atom. The molecule has 0 radical (unpaired) electrons. The third-order valence-electron chi connectivity index (χ3n) is 4.59. The number of amides is 2. The first-order chi connectivity index (χ1) is 12.2. The minimum atomic E-state index is -0.0961. The van der Waals surface area contributed by atoms with Gasteiger partial charge in [-0.2, -0.15) is 0 Å². The minimum absolute atomic E-state index is 0.0961. The van der Waals surface area contributed by atoms with E-state index >= 15 is 0 Å². The van der Waals surface area contributed by atoms with Crippen LogP contribution in [0.5, 0.6) is 11.5 Å². The molecule has 2 heterocycles. The van der Waals surface area contributed by atoms with E-state index in [1.54, 1.807) is 32.4 Å². The Morgan fingerprint density at radius 1 is 1.20 bits per heavy atom. The second-order valence-electron chi connectivity index (χ2n) is 6.16. The van der Waals surface area contributed by atoms with Gasteiger partial charge < -0.3 is 24.3 Å². The molecule has 2 aromatic rings. The van der Waals surface area contributed by atoms with Crippen LogP contribution in [0.2, 0.25) is 0 Å².